The highest BCUT2D eigenvalue weighted by Crippen LogP contribution is 2.33. The molecule has 2 aromatic heterocycles. The molecule has 1 aliphatic rings. The molecule has 0 radical (unpaired) electrons. The third-order valence-corrected chi connectivity index (χ3v) is 4.13. The number of nitrogens with zero attached hydrogens (tertiary/aromatic N) is 4. The van der Waals surface area contributed by atoms with Crippen LogP contribution >= 0.6 is 0 Å². The number of aromatic nitrogens is 3. The van der Waals surface area contributed by atoms with Crippen LogP contribution in [0.1, 0.15) is 38.8 Å². The van der Waals surface area contributed by atoms with E-state index in [9.17, 15) is 0 Å². The first-order valence-electron chi connectivity index (χ1n) is 8.19. The van der Waals surface area contributed by atoms with Crippen LogP contribution in [-0.2, 0) is 0 Å². The number of aryl methyl sites for hydroxylation is 1. The molecule has 0 fully saturated rings. The average Bonchev–Trinajstić information content (AvgIpc) is 2.66. The highest BCUT2D eigenvalue weighted by molar-refractivity contribution is 5.81. The Morgan fingerprint density at radius 3 is 3.00 bits per heavy atom. The van der Waals surface area contributed by atoms with Crippen LogP contribution in [0.25, 0.3) is 11.0 Å². The van der Waals surface area contributed by atoms with Gasteiger partial charge in [0.25, 0.3) is 0 Å². The molecule has 1 aliphatic heterocycles. The molecule has 1 unspecified atom stereocenters. The number of rotatable bonds is 4. The minimum atomic E-state index is 0.492. The summed E-state index contributed by atoms with van der Waals surface area (Å²) in [6.07, 6.45) is 5.25. The topological polar surface area (TPSA) is 51.1 Å². The fourth-order valence-electron chi connectivity index (χ4n) is 2.91. The number of pyridine rings is 1. The molecule has 3 rings (SSSR count). The van der Waals surface area contributed by atoms with E-state index in [-0.39, 0.29) is 0 Å². The molecule has 0 aliphatic carbocycles. The van der Waals surface area contributed by atoms with Gasteiger partial charge in [-0.15, -0.1) is 0 Å². The Balaban J connectivity index is 2.01. The van der Waals surface area contributed by atoms with Gasteiger partial charge in [-0.25, -0.2) is 15.0 Å². The molecule has 0 amide bonds. The largest absolute Gasteiger partial charge is 0.489 e. The highest BCUT2D eigenvalue weighted by atomic mass is 16.5. The van der Waals surface area contributed by atoms with Gasteiger partial charge >= 0.3 is 0 Å². The number of hydrogen-bond acceptors (Lipinski definition) is 5. The third-order valence-electron chi connectivity index (χ3n) is 4.13. The van der Waals surface area contributed by atoms with Crippen molar-refractivity contribution >= 4 is 16.9 Å². The summed E-state index contributed by atoms with van der Waals surface area (Å²) in [7, 11) is 0. The van der Waals surface area contributed by atoms with Gasteiger partial charge in [0, 0.05) is 25.1 Å². The molecule has 5 heteroatoms. The second-order valence-corrected chi connectivity index (χ2v) is 6.21. The van der Waals surface area contributed by atoms with Crippen LogP contribution in [0.4, 0.5) is 5.82 Å². The zero-order valence-corrected chi connectivity index (χ0v) is 13.7. The Morgan fingerprint density at radius 1 is 1.32 bits per heavy atom. The summed E-state index contributed by atoms with van der Waals surface area (Å²) in [5, 5.41) is 0. The van der Waals surface area contributed by atoms with E-state index in [2.05, 4.69) is 28.7 Å². The van der Waals surface area contributed by atoms with E-state index in [1.807, 2.05) is 13.0 Å². The maximum atomic E-state index is 5.98. The lowest BCUT2D eigenvalue weighted by Gasteiger charge is -2.24. The first-order chi connectivity index (χ1) is 10.7. The zero-order chi connectivity index (χ0) is 15.5. The van der Waals surface area contributed by atoms with Gasteiger partial charge in [0.2, 0.25) is 0 Å². The van der Waals surface area contributed by atoms with Gasteiger partial charge in [-0.2, -0.15) is 0 Å². The Morgan fingerprint density at radius 2 is 2.18 bits per heavy atom. The van der Waals surface area contributed by atoms with E-state index < -0.39 is 0 Å². The van der Waals surface area contributed by atoms with Gasteiger partial charge in [0.1, 0.15) is 11.8 Å². The molecule has 0 saturated carbocycles. The smallest absolute Gasteiger partial charge is 0.172 e. The van der Waals surface area contributed by atoms with E-state index in [4.69, 9.17) is 9.72 Å². The molecule has 1 atom stereocenters. The number of fused-ring (bicyclic) bond motifs is 2. The van der Waals surface area contributed by atoms with Crippen molar-refractivity contribution in [2.75, 3.05) is 24.6 Å². The van der Waals surface area contributed by atoms with Crippen LogP contribution in [-0.4, -0.2) is 34.6 Å². The summed E-state index contributed by atoms with van der Waals surface area (Å²) < 4.78 is 5.98. The summed E-state index contributed by atoms with van der Waals surface area (Å²) in [5.74, 6) is 2.29. The molecule has 0 aromatic carbocycles. The van der Waals surface area contributed by atoms with Crippen LogP contribution in [0.3, 0.4) is 0 Å². The van der Waals surface area contributed by atoms with Gasteiger partial charge in [0.05, 0.1) is 17.8 Å². The number of ether oxygens (including phenoxy) is 1. The van der Waals surface area contributed by atoms with E-state index in [0.29, 0.717) is 5.92 Å². The van der Waals surface area contributed by atoms with Gasteiger partial charge < -0.3 is 9.64 Å². The molecule has 22 heavy (non-hydrogen) atoms. The van der Waals surface area contributed by atoms with E-state index in [0.717, 1.165) is 48.0 Å². The van der Waals surface area contributed by atoms with E-state index >= 15 is 0 Å². The van der Waals surface area contributed by atoms with Gasteiger partial charge in [0.15, 0.2) is 11.6 Å². The van der Waals surface area contributed by atoms with Crippen molar-refractivity contribution in [1.82, 2.24) is 15.0 Å². The van der Waals surface area contributed by atoms with E-state index in [1.165, 1.54) is 19.3 Å². The molecule has 118 valence electrons. The first kappa shape index (κ1) is 15.0. The van der Waals surface area contributed by atoms with Crippen molar-refractivity contribution in [2.45, 2.75) is 40.0 Å². The maximum Gasteiger partial charge on any atom is 0.172 e. The SMILES string of the molecule is CCCCCN1CC(C)COc2cc3ncnc(C)c3nc21. The molecule has 0 spiro atoms. The standard InChI is InChI=1S/C17H24N4O/c1-4-5-6-7-21-9-12(2)10-22-15-8-14-16(20-17(15)21)13(3)18-11-19-14/h8,11-12H,4-7,9-10H2,1-3H3. The van der Waals surface area contributed by atoms with Gasteiger partial charge in [-0.1, -0.05) is 26.7 Å². The van der Waals surface area contributed by atoms with Gasteiger partial charge in [-0.05, 0) is 13.3 Å². The Hall–Kier alpha value is -1.91. The Kier molecular flexibility index (Phi) is 4.41. The van der Waals surface area contributed by atoms with Crippen LogP contribution in [0.15, 0.2) is 12.4 Å². The third kappa shape index (κ3) is 2.98. The maximum absolute atomic E-state index is 5.98. The predicted molar refractivity (Wildman–Crippen MR) is 88.5 cm³/mol. The number of anilines is 1. The van der Waals surface area contributed by atoms with Gasteiger partial charge in [-0.3, -0.25) is 0 Å². The lowest BCUT2D eigenvalue weighted by Crippen LogP contribution is -2.30. The summed E-state index contributed by atoms with van der Waals surface area (Å²) in [6, 6.07) is 2.01. The van der Waals surface area contributed by atoms with Crippen molar-refractivity contribution in [1.29, 1.82) is 0 Å². The molecule has 0 N–H and O–H groups in total. The fourth-order valence-corrected chi connectivity index (χ4v) is 2.91. The van der Waals surface area contributed by atoms with Crippen LogP contribution < -0.4 is 9.64 Å². The second-order valence-electron chi connectivity index (χ2n) is 6.21. The fraction of sp³-hybridized carbons (Fsp3) is 0.588. The summed E-state index contributed by atoms with van der Waals surface area (Å²) in [5.41, 5.74) is 2.65. The lowest BCUT2D eigenvalue weighted by molar-refractivity contribution is 0.273. The van der Waals surface area contributed by atoms with Crippen molar-refractivity contribution in [3.63, 3.8) is 0 Å². The van der Waals surface area contributed by atoms with Crippen molar-refractivity contribution in [3.8, 4) is 5.75 Å². The Labute approximate surface area is 131 Å². The van der Waals surface area contributed by atoms with Crippen LogP contribution in [0.5, 0.6) is 5.75 Å². The monoisotopic (exact) mass is 300 g/mol. The van der Waals surface area contributed by atoms with Crippen molar-refractivity contribution in [3.05, 3.63) is 18.1 Å². The number of unbranched alkanes of at least 4 members (excludes halogenated alkanes) is 2. The molecular formula is C17H24N4O. The summed E-state index contributed by atoms with van der Waals surface area (Å²) in [6.45, 7) is 9.18. The van der Waals surface area contributed by atoms with Crippen molar-refractivity contribution in [2.24, 2.45) is 5.92 Å². The molecule has 2 aromatic rings. The van der Waals surface area contributed by atoms with Crippen molar-refractivity contribution < 1.29 is 4.74 Å². The number of hydrogen-bond donors (Lipinski definition) is 0. The summed E-state index contributed by atoms with van der Waals surface area (Å²) >= 11 is 0. The van der Waals surface area contributed by atoms with E-state index in [1.54, 1.807) is 6.33 Å². The van der Waals surface area contributed by atoms with Crippen LogP contribution in [0.2, 0.25) is 0 Å². The quantitative estimate of drug-likeness (QED) is 0.810. The minimum absolute atomic E-state index is 0.492. The second kappa shape index (κ2) is 6.46. The Bertz CT molecular complexity index is 658. The average molecular weight is 300 g/mol. The highest BCUT2D eigenvalue weighted by Gasteiger charge is 2.23. The minimum Gasteiger partial charge on any atom is -0.489 e. The zero-order valence-electron chi connectivity index (χ0n) is 13.7. The van der Waals surface area contributed by atoms with Crippen LogP contribution in [0, 0.1) is 12.8 Å². The molecule has 3 heterocycles. The lowest BCUT2D eigenvalue weighted by atomic mass is 10.1. The molecule has 0 bridgehead atoms. The normalized spacial score (nSPS) is 18.0. The predicted octanol–water partition coefficient (Wildman–Crippen LogP) is 3.36. The first-order valence-corrected chi connectivity index (χ1v) is 8.19. The molecule has 0 saturated heterocycles. The summed E-state index contributed by atoms with van der Waals surface area (Å²) in [4.78, 5) is 15.8. The molecular weight excluding hydrogens is 276 g/mol. The molecule has 5 nitrogen and oxygen atoms in total.